The van der Waals surface area contributed by atoms with E-state index in [0.717, 1.165) is 5.57 Å². The Kier molecular flexibility index (Phi) is 3.48. The molecule has 0 aliphatic carbocycles. The molecule has 0 aromatic rings. The first kappa shape index (κ1) is 7.66. The van der Waals surface area contributed by atoms with Crippen molar-refractivity contribution < 1.29 is 5.11 Å². The molecule has 0 heterocycles. The van der Waals surface area contributed by atoms with Crippen molar-refractivity contribution in [2.45, 2.75) is 19.9 Å². The van der Waals surface area contributed by atoms with Gasteiger partial charge >= 0.3 is 0 Å². The number of hydrogen-bond acceptors (Lipinski definition) is 2. The second-order valence-electron chi connectivity index (χ2n) is 2.03. The largest absolute Gasteiger partial charge is 0.392 e. The van der Waals surface area contributed by atoms with Crippen LogP contribution in [0.3, 0.4) is 0 Å². The maximum atomic E-state index is 8.46. The Balaban J connectivity index is 3.56. The minimum absolute atomic E-state index is 0.0575. The quantitative estimate of drug-likeness (QED) is 0.507. The third-order valence-electron chi connectivity index (χ3n) is 0.797. The summed E-state index contributed by atoms with van der Waals surface area (Å²) < 4.78 is 0. The van der Waals surface area contributed by atoms with Gasteiger partial charge in [0.05, 0.1) is 6.61 Å². The normalized spacial score (nSPS) is 16.2. The molecule has 1 atom stereocenters. The molecule has 0 aliphatic heterocycles. The minimum atomic E-state index is 0.0575. The van der Waals surface area contributed by atoms with Crippen LogP contribution in [0.4, 0.5) is 0 Å². The van der Waals surface area contributed by atoms with E-state index in [9.17, 15) is 0 Å². The van der Waals surface area contributed by atoms with E-state index >= 15 is 0 Å². The van der Waals surface area contributed by atoms with Gasteiger partial charge in [-0.2, -0.15) is 0 Å². The van der Waals surface area contributed by atoms with E-state index in [0.29, 0.717) is 0 Å². The lowest BCUT2D eigenvalue weighted by atomic mass is 10.2. The predicted molar refractivity (Wildman–Crippen MR) is 34.5 cm³/mol. The van der Waals surface area contributed by atoms with Gasteiger partial charge in [0.25, 0.3) is 0 Å². The monoisotopic (exact) mass is 115 g/mol. The van der Waals surface area contributed by atoms with Crippen LogP contribution in [0.15, 0.2) is 11.6 Å². The summed E-state index contributed by atoms with van der Waals surface area (Å²) in [7, 11) is 0. The first-order valence-electron chi connectivity index (χ1n) is 2.70. The molecule has 0 aromatic heterocycles. The molecule has 0 rings (SSSR count). The molecule has 0 radical (unpaired) electrons. The van der Waals surface area contributed by atoms with E-state index in [4.69, 9.17) is 10.8 Å². The van der Waals surface area contributed by atoms with Gasteiger partial charge in [-0.25, -0.2) is 0 Å². The molecule has 48 valence electrons. The van der Waals surface area contributed by atoms with E-state index in [1.165, 1.54) is 0 Å². The molecular weight excluding hydrogens is 102 g/mol. The van der Waals surface area contributed by atoms with Crippen LogP contribution in [0.25, 0.3) is 0 Å². The molecule has 8 heavy (non-hydrogen) atoms. The minimum Gasteiger partial charge on any atom is -0.392 e. The summed E-state index contributed by atoms with van der Waals surface area (Å²) in [5.41, 5.74) is 6.31. The Hall–Kier alpha value is -0.340. The summed E-state index contributed by atoms with van der Waals surface area (Å²) in [5.74, 6) is 0. The molecule has 0 bridgehead atoms. The molecular formula is C6H13NO. The molecule has 0 saturated carbocycles. The average molecular weight is 115 g/mol. The van der Waals surface area contributed by atoms with Gasteiger partial charge in [0.1, 0.15) is 0 Å². The zero-order valence-electron chi connectivity index (χ0n) is 5.39. The lowest BCUT2D eigenvalue weighted by Crippen LogP contribution is -2.11. The van der Waals surface area contributed by atoms with Crippen LogP contribution in [0, 0.1) is 0 Å². The topological polar surface area (TPSA) is 46.2 Å². The molecule has 0 fully saturated rings. The van der Waals surface area contributed by atoms with Gasteiger partial charge in [-0.1, -0.05) is 11.6 Å². The van der Waals surface area contributed by atoms with Gasteiger partial charge in [0.2, 0.25) is 0 Å². The summed E-state index contributed by atoms with van der Waals surface area (Å²) in [5, 5.41) is 8.46. The van der Waals surface area contributed by atoms with Crippen molar-refractivity contribution in [3.8, 4) is 0 Å². The van der Waals surface area contributed by atoms with E-state index in [-0.39, 0.29) is 12.6 Å². The molecule has 0 aliphatic rings. The number of aliphatic hydroxyl groups excluding tert-OH is 1. The number of hydrogen-bond donors (Lipinski definition) is 2. The van der Waals surface area contributed by atoms with Gasteiger partial charge in [0.15, 0.2) is 0 Å². The third kappa shape index (κ3) is 3.84. The van der Waals surface area contributed by atoms with Crippen molar-refractivity contribution in [2.75, 3.05) is 6.61 Å². The Morgan fingerprint density at radius 2 is 2.38 bits per heavy atom. The zero-order valence-corrected chi connectivity index (χ0v) is 5.39. The van der Waals surface area contributed by atoms with Gasteiger partial charge in [-0.15, -0.1) is 0 Å². The lowest BCUT2D eigenvalue weighted by molar-refractivity contribution is 0.330. The summed E-state index contributed by atoms with van der Waals surface area (Å²) in [6.07, 6.45) is 1.83. The highest BCUT2D eigenvalue weighted by Gasteiger charge is 1.87. The first-order valence-corrected chi connectivity index (χ1v) is 2.70. The van der Waals surface area contributed by atoms with E-state index in [2.05, 4.69) is 0 Å². The van der Waals surface area contributed by atoms with Crippen molar-refractivity contribution in [2.24, 2.45) is 5.73 Å². The average Bonchev–Trinajstić information content (AvgIpc) is 1.65. The standard InChI is InChI=1S/C6H13NO/c1-5(4-8)3-6(2)7/h3,6,8H,4,7H2,1-2H3/b5-3+/t6-/m1/s1. The van der Waals surface area contributed by atoms with Crippen LogP contribution in [0.5, 0.6) is 0 Å². The Labute approximate surface area is 50.0 Å². The highest BCUT2D eigenvalue weighted by molar-refractivity contribution is 5.01. The van der Waals surface area contributed by atoms with E-state index in [1.54, 1.807) is 0 Å². The maximum Gasteiger partial charge on any atom is 0.0639 e. The molecule has 3 N–H and O–H groups in total. The summed E-state index contributed by atoms with van der Waals surface area (Å²) in [6.45, 7) is 3.84. The SMILES string of the molecule is C/C(=C\[C@@H](C)N)CO. The van der Waals surface area contributed by atoms with Crippen LogP contribution >= 0.6 is 0 Å². The second-order valence-corrected chi connectivity index (χ2v) is 2.03. The maximum absolute atomic E-state index is 8.46. The highest BCUT2D eigenvalue weighted by Crippen LogP contribution is 1.90. The fraction of sp³-hybridized carbons (Fsp3) is 0.667. The van der Waals surface area contributed by atoms with Crippen LogP contribution in [-0.2, 0) is 0 Å². The van der Waals surface area contributed by atoms with Crippen LogP contribution < -0.4 is 5.73 Å². The van der Waals surface area contributed by atoms with Gasteiger partial charge in [-0.05, 0) is 13.8 Å². The summed E-state index contributed by atoms with van der Waals surface area (Å²) >= 11 is 0. The van der Waals surface area contributed by atoms with E-state index in [1.807, 2.05) is 19.9 Å². The molecule has 0 saturated heterocycles. The fourth-order valence-corrected chi connectivity index (χ4v) is 0.501. The van der Waals surface area contributed by atoms with Crippen LogP contribution in [0.2, 0.25) is 0 Å². The predicted octanol–water partition coefficient (Wildman–Crippen LogP) is 0.272. The second kappa shape index (κ2) is 3.64. The molecule has 0 unspecified atom stereocenters. The molecule has 0 aromatic carbocycles. The Morgan fingerprint density at radius 3 is 2.50 bits per heavy atom. The van der Waals surface area contributed by atoms with Gasteiger partial charge in [-0.3, -0.25) is 0 Å². The Bertz CT molecular complexity index is 86.5. The Morgan fingerprint density at radius 1 is 1.88 bits per heavy atom. The third-order valence-corrected chi connectivity index (χ3v) is 0.797. The van der Waals surface area contributed by atoms with Gasteiger partial charge in [0, 0.05) is 6.04 Å². The lowest BCUT2D eigenvalue weighted by Gasteiger charge is -1.97. The van der Waals surface area contributed by atoms with Crippen LogP contribution in [-0.4, -0.2) is 17.8 Å². The molecule has 0 amide bonds. The summed E-state index contributed by atoms with van der Waals surface area (Å²) in [4.78, 5) is 0. The number of aliphatic hydroxyl groups is 1. The fourth-order valence-electron chi connectivity index (χ4n) is 0.501. The van der Waals surface area contributed by atoms with Gasteiger partial charge < -0.3 is 10.8 Å². The molecule has 2 nitrogen and oxygen atoms in total. The van der Waals surface area contributed by atoms with Crippen molar-refractivity contribution in [3.05, 3.63) is 11.6 Å². The summed E-state index contributed by atoms with van der Waals surface area (Å²) in [6, 6.07) is 0.0575. The van der Waals surface area contributed by atoms with Crippen LogP contribution in [0.1, 0.15) is 13.8 Å². The number of nitrogens with two attached hydrogens (primary N) is 1. The highest BCUT2D eigenvalue weighted by atomic mass is 16.3. The molecule has 2 heteroatoms. The van der Waals surface area contributed by atoms with Crippen molar-refractivity contribution in [3.63, 3.8) is 0 Å². The first-order chi connectivity index (χ1) is 3.66. The zero-order chi connectivity index (χ0) is 6.57. The van der Waals surface area contributed by atoms with Crippen molar-refractivity contribution in [1.82, 2.24) is 0 Å². The molecule has 0 spiro atoms. The van der Waals surface area contributed by atoms with Crippen molar-refractivity contribution >= 4 is 0 Å². The smallest absolute Gasteiger partial charge is 0.0639 e. The van der Waals surface area contributed by atoms with Crippen molar-refractivity contribution in [1.29, 1.82) is 0 Å². The van der Waals surface area contributed by atoms with E-state index < -0.39 is 0 Å². The number of rotatable bonds is 2.